The van der Waals surface area contributed by atoms with Crippen LogP contribution >= 0.6 is 11.6 Å². The molecule has 0 saturated heterocycles. The molecule has 1 fully saturated rings. The molecule has 5 rings (SSSR count). The van der Waals surface area contributed by atoms with Crippen LogP contribution in [-0.2, 0) is 9.84 Å². The monoisotopic (exact) mass is 576 g/mol. The largest absolute Gasteiger partial charge is 0.277 e. The topological polar surface area (TPSA) is 69.0 Å². The lowest BCUT2D eigenvalue weighted by Crippen LogP contribution is -2.24. The Hall–Kier alpha value is -3.50. The van der Waals surface area contributed by atoms with Gasteiger partial charge in [-0.15, -0.1) is 0 Å². The molecule has 0 N–H and O–H groups in total. The third-order valence-corrected chi connectivity index (χ3v) is 8.38. The predicted molar refractivity (Wildman–Crippen MR) is 139 cm³/mol. The molecule has 1 unspecified atom stereocenters. The van der Waals surface area contributed by atoms with E-state index in [1.807, 2.05) is 0 Å². The van der Waals surface area contributed by atoms with Crippen LogP contribution in [0.3, 0.4) is 0 Å². The zero-order valence-electron chi connectivity index (χ0n) is 20.9. The summed E-state index contributed by atoms with van der Waals surface area (Å²) in [6.07, 6.45) is 2.61. The number of rotatable bonds is 5. The lowest BCUT2D eigenvalue weighted by Gasteiger charge is -2.18. The summed E-state index contributed by atoms with van der Waals surface area (Å²) >= 11 is 6.48. The fourth-order valence-electron chi connectivity index (χ4n) is 4.99. The minimum Gasteiger partial charge on any atom is -0.277 e. The zero-order chi connectivity index (χ0) is 28.4. The van der Waals surface area contributed by atoms with Gasteiger partial charge < -0.3 is 0 Å². The maximum absolute atomic E-state index is 16.0. The molecule has 1 aliphatic carbocycles. The van der Waals surface area contributed by atoms with Gasteiger partial charge in [0.15, 0.2) is 21.5 Å². The number of pyridine rings is 2. The van der Waals surface area contributed by atoms with Crippen LogP contribution in [-0.4, -0.2) is 24.2 Å². The van der Waals surface area contributed by atoms with E-state index < -0.39 is 49.3 Å². The van der Waals surface area contributed by atoms with E-state index in [1.165, 1.54) is 37.4 Å². The Morgan fingerprint density at radius 1 is 0.974 bits per heavy atom. The Bertz CT molecular complexity index is 1820. The van der Waals surface area contributed by atoms with Crippen molar-refractivity contribution >= 4 is 21.4 Å². The maximum atomic E-state index is 16.0. The molecule has 4 aromatic rings. The van der Waals surface area contributed by atoms with Crippen LogP contribution in [0.15, 0.2) is 58.4 Å². The summed E-state index contributed by atoms with van der Waals surface area (Å²) in [5.74, 6) is -4.09. The third kappa shape index (κ3) is 4.76. The SMILES string of the molecule is Cc1cnc(-c2cccc(S(C)(=O)=O)c2F)c(F)c1-n1c(C)cc([C@@H]2CC2c2cc(F)cc(F)c2)c(Cl)c1=O. The number of hydrogen-bond donors (Lipinski definition) is 0. The Labute approximate surface area is 226 Å². The van der Waals surface area contributed by atoms with Gasteiger partial charge in [-0.1, -0.05) is 17.7 Å². The van der Waals surface area contributed by atoms with E-state index in [1.54, 1.807) is 13.0 Å². The summed E-state index contributed by atoms with van der Waals surface area (Å²) in [6, 6.07) is 8.42. The van der Waals surface area contributed by atoms with Crippen LogP contribution in [0.25, 0.3) is 16.9 Å². The Balaban J connectivity index is 1.62. The highest BCUT2D eigenvalue weighted by Gasteiger charge is 2.42. The first kappa shape index (κ1) is 27.1. The molecule has 0 amide bonds. The van der Waals surface area contributed by atoms with Crippen molar-refractivity contribution in [3.63, 3.8) is 0 Å². The van der Waals surface area contributed by atoms with Gasteiger partial charge in [0, 0.05) is 29.8 Å². The summed E-state index contributed by atoms with van der Waals surface area (Å²) in [5.41, 5.74) is -0.288. The molecular formula is C28H21ClF4N2O3S. The van der Waals surface area contributed by atoms with Gasteiger partial charge in [-0.3, -0.25) is 14.3 Å². The van der Waals surface area contributed by atoms with Crippen molar-refractivity contribution in [2.24, 2.45) is 0 Å². The Morgan fingerprint density at radius 3 is 2.28 bits per heavy atom. The average molecular weight is 577 g/mol. The van der Waals surface area contributed by atoms with E-state index in [-0.39, 0.29) is 33.7 Å². The Kier molecular flexibility index (Phi) is 6.67. The number of benzene rings is 2. The van der Waals surface area contributed by atoms with E-state index in [4.69, 9.17) is 11.6 Å². The second-order valence-electron chi connectivity index (χ2n) is 9.69. The van der Waals surface area contributed by atoms with Crippen molar-refractivity contribution in [3.8, 4) is 16.9 Å². The van der Waals surface area contributed by atoms with E-state index in [9.17, 15) is 22.0 Å². The highest BCUT2D eigenvalue weighted by molar-refractivity contribution is 7.90. The molecule has 39 heavy (non-hydrogen) atoms. The van der Waals surface area contributed by atoms with Gasteiger partial charge in [-0.05, 0) is 79.1 Å². The number of hydrogen-bond acceptors (Lipinski definition) is 4. The fraction of sp³-hybridized carbons (Fsp3) is 0.214. The van der Waals surface area contributed by atoms with Crippen LogP contribution in [0.2, 0.25) is 5.02 Å². The second-order valence-corrected chi connectivity index (χ2v) is 12.1. The molecule has 0 bridgehead atoms. The molecule has 1 saturated carbocycles. The van der Waals surface area contributed by atoms with Gasteiger partial charge in [0.2, 0.25) is 0 Å². The fourth-order valence-corrected chi connectivity index (χ4v) is 6.03. The van der Waals surface area contributed by atoms with Crippen molar-refractivity contribution in [3.05, 3.63) is 110 Å². The Morgan fingerprint density at radius 2 is 1.64 bits per heavy atom. The third-order valence-electron chi connectivity index (χ3n) is 6.88. The first-order chi connectivity index (χ1) is 18.3. The summed E-state index contributed by atoms with van der Waals surface area (Å²) in [5, 5.41) is -0.174. The van der Waals surface area contributed by atoms with Gasteiger partial charge in [0.25, 0.3) is 5.56 Å². The van der Waals surface area contributed by atoms with E-state index in [0.29, 0.717) is 23.2 Å². The molecule has 0 spiro atoms. The van der Waals surface area contributed by atoms with Gasteiger partial charge in [0.1, 0.15) is 27.2 Å². The van der Waals surface area contributed by atoms with Crippen LogP contribution in [0.4, 0.5) is 17.6 Å². The summed E-state index contributed by atoms with van der Waals surface area (Å²) in [4.78, 5) is 16.9. The van der Waals surface area contributed by atoms with Gasteiger partial charge in [-0.25, -0.2) is 26.0 Å². The van der Waals surface area contributed by atoms with Crippen molar-refractivity contribution in [2.45, 2.75) is 37.0 Å². The molecule has 2 atom stereocenters. The molecule has 0 radical (unpaired) electrons. The van der Waals surface area contributed by atoms with Crippen molar-refractivity contribution in [1.82, 2.24) is 9.55 Å². The molecular weight excluding hydrogens is 556 g/mol. The summed E-state index contributed by atoms with van der Waals surface area (Å²) < 4.78 is 83.6. The van der Waals surface area contributed by atoms with Crippen LogP contribution in [0.1, 0.15) is 40.6 Å². The van der Waals surface area contributed by atoms with E-state index in [2.05, 4.69) is 4.98 Å². The minimum absolute atomic E-state index is 0.174. The van der Waals surface area contributed by atoms with Crippen LogP contribution in [0.5, 0.6) is 0 Å². The number of aromatic nitrogens is 2. The van der Waals surface area contributed by atoms with Gasteiger partial charge in [-0.2, -0.15) is 0 Å². The highest BCUT2D eigenvalue weighted by atomic mass is 35.5. The summed E-state index contributed by atoms with van der Waals surface area (Å²) in [6.45, 7) is 3.09. The molecule has 1 aliphatic rings. The van der Waals surface area contributed by atoms with Gasteiger partial charge >= 0.3 is 0 Å². The molecule has 2 heterocycles. The lowest BCUT2D eigenvalue weighted by molar-refractivity contribution is 0.568. The number of sulfone groups is 1. The molecule has 0 aliphatic heterocycles. The number of nitrogens with zero attached hydrogens (tertiary/aromatic N) is 2. The smallest absolute Gasteiger partial charge is 0.274 e. The second kappa shape index (κ2) is 9.60. The average Bonchev–Trinajstić information content (AvgIpc) is 3.63. The molecule has 11 heteroatoms. The first-order valence-corrected chi connectivity index (χ1v) is 14.1. The minimum atomic E-state index is -3.94. The zero-order valence-corrected chi connectivity index (χ0v) is 22.5. The summed E-state index contributed by atoms with van der Waals surface area (Å²) in [7, 11) is -3.94. The predicted octanol–water partition coefficient (Wildman–Crippen LogP) is 6.40. The molecule has 202 valence electrons. The lowest BCUT2D eigenvalue weighted by atomic mass is 10.0. The van der Waals surface area contributed by atoms with E-state index in [0.717, 1.165) is 23.0 Å². The highest BCUT2D eigenvalue weighted by Crippen LogP contribution is 2.56. The number of halogens is 5. The standard InChI is InChI=1S/C28H21ClF4N2O3S/c1-13-12-34-26(18-5-4-6-22(24(18)32)39(3,37)38)25(33)27(13)35-14(2)7-21(23(29)28(35)36)20-11-19(20)15-8-16(30)10-17(31)9-15/h4-10,12,19-20H,11H2,1-3H3/t19?,20-/m1/s1. The van der Waals surface area contributed by atoms with Crippen LogP contribution in [0, 0.1) is 37.1 Å². The van der Waals surface area contributed by atoms with Gasteiger partial charge in [0.05, 0.1) is 5.69 Å². The van der Waals surface area contributed by atoms with E-state index >= 15 is 8.78 Å². The molecule has 2 aromatic carbocycles. The quantitative estimate of drug-likeness (QED) is 0.258. The normalized spacial score (nSPS) is 16.9. The first-order valence-electron chi connectivity index (χ1n) is 11.8. The van der Waals surface area contributed by atoms with Crippen LogP contribution < -0.4 is 5.56 Å². The van der Waals surface area contributed by atoms with Crippen molar-refractivity contribution in [2.75, 3.05) is 6.26 Å². The molecule has 5 nitrogen and oxygen atoms in total. The number of aryl methyl sites for hydroxylation is 2. The van der Waals surface area contributed by atoms with Crippen molar-refractivity contribution < 1.29 is 26.0 Å². The van der Waals surface area contributed by atoms with Crippen molar-refractivity contribution in [1.29, 1.82) is 0 Å². The molecule has 2 aromatic heterocycles. The maximum Gasteiger partial charge on any atom is 0.274 e.